The normalized spacial score (nSPS) is 17.6. The van der Waals surface area contributed by atoms with Crippen LogP contribution < -0.4 is 0 Å². The highest BCUT2D eigenvalue weighted by Gasteiger charge is 2.10. The summed E-state index contributed by atoms with van der Waals surface area (Å²) in [6, 6.07) is 7.08. The molecule has 3 heterocycles. The summed E-state index contributed by atoms with van der Waals surface area (Å²) in [4.78, 5) is 6.80. The zero-order valence-corrected chi connectivity index (χ0v) is 9.80. The molecule has 0 saturated carbocycles. The number of hydrogen-bond donors (Lipinski definition) is 0. The van der Waals surface area contributed by atoms with Gasteiger partial charge in [0.05, 0.1) is 13.2 Å². The molecule has 3 rings (SSSR count). The average molecular weight is 230 g/mol. The molecule has 0 atom stereocenters. The Kier molecular flexibility index (Phi) is 3.07. The van der Waals surface area contributed by atoms with E-state index in [-0.39, 0.29) is 0 Å². The maximum atomic E-state index is 5.34. The Bertz CT molecular complexity index is 488. The third-order valence-corrected chi connectivity index (χ3v) is 3.23. The monoisotopic (exact) mass is 230 g/mol. The number of hydrogen-bond acceptors (Lipinski definition) is 3. The van der Waals surface area contributed by atoms with Crippen LogP contribution in [0.3, 0.4) is 0 Å². The first-order valence-corrected chi connectivity index (χ1v) is 6.04. The molecule has 0 bridgehead atoms. The third-order valence-electron chi connectivity index (χ3n) is 3.23. The standard InChI is InChI=1S/C13H16N3O/c1-2-12-3-5-16(13(12)14-4-1)7-6-15-8-10-17-11-9-15/h2-5H,6-11H2. The van der Waals surface area contributed by atoms with Gasteiger partial charge in [0.1, 0.15) is 5.65 Å². The van der Waals surface area contributed by atoms with Gasteiger partial charge in [-0.1, -0.05) is 0 Å². The Balaban J connectivity index is 1.68. The summed E-state index contributed by atoms with van der Waals surface area (Å²) in [5.41, 5.74) is 1.05. The van der Waals surface area contributed by atoms with Crippen molar-refractivity contribution in [2.75, 3.05) is 32.8 Å². The zero-order valence-electron chi connectivity index (χ0n) is 9.80. The molecule has 1 aliphatic rings. The number of rotatable bonds is 3. The van der Waals surface area contributed by atoms with Crippen molar-refractivity contribution < 1.29 is 4.74 Å². The molecule has 0 aromatic carbocycles. The Morgan fingerprint density at radius 3 is 3.06 bits per heavy atom. The van der Waals surface area contributed by atoms with E-state index in [0.29, 0.717) is 0 Å². The lowest BCUT2D eigenvalue weighted by atomic mass is 10.3. The Labute approximate surface area is 101 Å². The van der Waals surface area contributed by atoms with E-state index < -0.39 is 0 Å². The first-order chi connectivity index (χ1) is 8.43. The lowest BCUT2D eigenvalue weighted by Crippen LogP contribution is -2.38. The highest BCUT2D eigenvalue weighted by Crippen LogP contribution is 2.12. The average Bonchev–Trinajstić information content (AvgIpc) is 2.81. The topological polar surface area (TPSA) is 30.3 Å². The van der Waals surface area contributed by atoms with Gasteiger partial charge in [0, 0.05) is 50.0 Å². The van der Waals surface area contributed by atoms with Gasteiger partial charge in [-0.05, 0) is 12.1 Å². The molecule has 0 spiro atoms. The Hall–Kier alpha value is -1.39. The smallest absolute Gasteiger partial charge is 0.139 e. The van der Waals surface area contributed by atoms with Gasteiger partial charge >= 0.3 is 0 Å². The molecular formula is C13H16N3O. The Morgan fingerprint density at radius 1 is 1.29 bits per heavy atom. The molecule has 0 amide bonds. The van der Waals surface area contributed by atoms with Gasteiger partial charge in [-0.15, -0.1) is 0 Å². The molecule has 2 aromatic rings. The second-order valence-corrected chi connectivity index (χ2v) is 4.31. The van der Waals surface area contributed by atoms with Crippen LogP contribution in [0.15, 0.2) is 24.5 Å². The number of nitrogens with zero attached hydrogens (tertiary/aromatic N) is 3. The van der Waals surface area contributed by atoms with Gasteiger partial charge in [0.2, 0.25) is 0 Å². The second kappa shape index (κ2) is 4.85. The van der Waals surface area contributed by atoms with Crippen LogP contribution in [0.1, 0.15) is 0 Å². The summed E-state index contributed by atoms with van der Waals surface area (Å²) in [5.74, 6) is 0. The molecule has 1 radical (unpaired) electrons. The minimum atomic E-state index is 0.861. The molecule has 4 nitrogen and oxygen atoms in total. The van der Waals surface area contributed by atoms with E-state index in [1.807, 2.05) is 6.07 Å². The van der Waals surface area contributed by atoms with Crippen LogP contribution in [0.4, 0.5) is 0 Å². The van der Waals surface area contributed by atoms with E-state index in [4.69, 9.17) is 4.74 Å². The minimum absolute atomic E-state index is 0.861. The summed E-state index contributed by atoms with van der Waals surface area (Å²) >= 11 is 0. The molecule has 0 aliphatic carbocycles. The van der Waals surface area contributed by atoms with Crippen LogP contribution in [0.5, 0.6) is 0 Å². The molecule has 1 fully saturated rings. The van der Waals surface area contributed by atoms with Crippen LogP contribution in [0, 0.1) is 6.07 Å². The van der Waals surface area contributed by atoms with E-state index >= 15 is 0 Å². The molecule has 4 heteroatoms. The maximum absolute atomic E-state index is 5.34. The van der Waals surface area contributed by atoms with Crippen molar-refractivity contribution in [3.05, 3.63) is 30.6 Å². The fourth-order valence-corrected chi connectivity index (χ4v) is 2.22. The summed E-state index contributed by atoms with van der Waals surface area (Å²) < 4.78 is 7.55. The zero-order chi connectivity index (χ0) is 11.5. The molecule has 0 unspecified atom stereocenters. The quantitative estimate of drug-likeness (QED) is 0.793. The fraction of sp³-hybridized carbons (Fsp3) is 0.462. The van der Waals surface area contributed by atoms with Crippen molar-refractivity contribution in [2.24, 2.45) is 0 Å². The van der Waals surface area contributed by atoms with Gasteiger partial charge in [0.25, 0.3) is 0 Å². The highest BCUT2D eigenvalue weighted by atomic mass is 16.5. The predicted octanol–water partition coefficient (Wildman–Crippen LogP) is 1.17. The molecule has 1 aliphatic heterocycles. The summed E-state index contributed by atoms with van der Waals surface area (Å²) in [5, 5.41) is 1.16. The molecule has 17 heavy (non-hydrogen) atoms. The SMILES string of the molecule is [c]1cnc2c(c1)ccn2CCN1CCOCC1. The van der Waals surface area contributed by atoms with Crippen molar-refractivity contribution in [1.29, 1.82) is 0 Å². The van der Waals surface area contributed by atoms with Crippen molar-refractivity contribution in [2.45, 2.75) is 6.54 Å². The molecule has 0 N–H and O–H groups in total. The molecular weight excluding hydrogens is 214 g/mol. The van der Waals surface area contributed by atoms with Gasteiger partial charge < -0.3 is 9.30 Å². The number of fused-ring (bicyclic) bond motifs is 1. The van der Waals surface area contributed by atoms with E-state index in [1.54, 1.807) is 6.20 Å². The van der Waals surface area contributed by atoms with E-state index in [0.717, 1.165) is 50.4 Å². The summed E-state index contributed by atoms with van der Waals surface area (Å²) in [6.45, 7) is 5.86. The second-order valence-electron chi connectivity index (χ2n) is 4.31. The van der Waals surface area contributed by atoms with E-state index in [9.17, 15) is 0 Å². The number of aromatic nitrogens is 2. The number of ether oxygens (including phenoxy) is 1. The fourth-order valence-electron chi connectivity index (χ4n) is 2.22. The van der Waals surface area contributed by atoms with E-state index in [2.05, 4.69) is 32.8 Å². The first-order valence-electron chi connectivity index (χ1n) is 6.04. The predicted molar refractivity (Wildman–Crippen MR) is 65.8 cm³/mol. The van der Waals surface area contributed by atoms with Crippen LogP contribution in [0.2, 0.25) is 0 Å². The van der Waals surface area contributed by atoms with Gasteiger partial charge in [-0.3, -0.25) is 4.90 Å². The number of morpholine rings is 1. The summed E-state index contributed by atoms with van der Waals surface area (Å²) in [6.07, 6.45) is 3.83. The van der Waals surface area contributed by atoms with Crippen LogP contribution >= 0.6 is 0 Å². The maximum Gasteiger partial charge on any atom is 0.139 e. The lowest BCUT2D eigenvalue weighted by Gasteiger charge is -2.26. The van der Waals surface area contributed by atoms with Crippen molar-refractivity contribution in [3.63, 3.8) is 0 Å². The Morgan fingerprint density at radius 2 is 2.18 bits per heavy atom. The minimum Gasteiger partial charge on any atom is -0.379 e. The largest absolute Gasteiger partial charge is 0.379 e. The lowest BCUT2D eigenvalue weighted by molar-refractivity contribution is 0.0365. The van der Waals surface area contributed by atoms with Crippen LogP contribution in [-0.4, -0.2) is 47.3 Å². The molecule has 89 valence electrons. The van der Waals surface area contributed by atoms with Gasteiger partial charge in [0.15, 0.2) is 0 Å². The van der Waals surface area contributed by atoms with E-state index in [1.165, 1.54) is 0 Å². The van der Waals surface area contributed by atoms with Crippen LogP contribution in [-0.2, 0) is 11.3 Å². The van der Waals surface area contributed by atoms with Gasteiger partial charge in [-0.2, -0.15) is 0 Å². The highest BCUT2D eigenvalue weighted by molar-refractivity contribution is 5.75. The van der Waals surface area contributed by atoms with Crippen molar-refractivity contribution in [3.8, 4) is 0 Å². The van der Waals surface area contributed by atoms with Gasteiger partial charge in [-0.25, -0.2) is 4.98 Å². The molecule has 1 saturated heterocycles. The van der Waals surface area contributed by atoms with Crippen LogP contribution in [0.25, 0.3) is 11.0 Å². The molecule has 2 aromatic heterocycles. The number of pyridine rings is 1. The van der Waals surface area contributed by atoms with Crippen molar-refractivity contribution in [1.82, 2.24) is 14.5 Å². The third kappa shape index (κ3) is 2.33. The first kappa shape index (κ1) is 10.7. The van der Waals surface area contributed by atoms with Crippen molar-refractivity contribution >= 4 is 11.0 Å². The summed E-state index contributed by atoms with van der Waals surface area (Å²) in [7, 11) is 0.